The minimum absolute atomic E-state index is 0.649. The molecule has 0 atom stereocenters. The van der Waals surface area contributed by atoms with E-state index < -0.39 is 0 Å². The molecule has 6 heteroatoms. The van der Waals surface area contributed by atoms with Crippen LogP contribution < -0.4 is 9.36 Å². The van der Waals surface area contributed by atoms with Gasteiger partial charge in [0.1, 0.15) is 0 Å². The number of nitrogens with zero attached hydrogens (tertiary/aromatic N) is 4. The first kappa shape index (κ1) is 13.7. The molecule has 1 aromatic carbocycles. The number of fused-ring (bicyclic) bond motifs is 4. The first-order valence-electron chi connectivity index (χ1n) is 7.39. The maximum absolute atomic E-state index is 4.47. The zero-order valence-electron chi connectivity index (χ0n) is 11.7. The van der Waals surface area contributed by atoms with Crippen LogP contribution in [0, 0.1) is 0 Å². The molecule has 0 N–H and O–H groups in total. The third kappa shape index (κ3) is 2.73. The van der Waals surface area contributed by atoms with Gasteiger partial charge in [-0.15, -0.1) is 0 Å². The number of benzene rings is 1. The first-order chi connectivity index (χ1) is 10.3. The Kier molecular flexibility index (Phi) is 3.71. The van der Waals surface area contributed by atoms with Gasteiger partial charge in [0, 0.05) is 0 Å². The van der Waals surface area contributed by atoms with Crippen molar-refractivity contribution in [3.05, 3.63) is 24.3 Å². The molecule has 109 valence electrons. The molecule has 2 aromatic rings. The summed E-state index contributed by atoms with van der Waals surface area (Å²) in [6, 6.07) is 9.00. The summed E-state index contributed by atoms with van der Waals surface area (Å²) in [5.74, 6) is 0. The summed E-state index contributed by atoms with van der Waals surface area (Å²) in [5, 5.41) is 11.0. The van der Waals surface area contributed by atoms with Crippen molar-refractivity contribution in [1.82, 2.24) is 15.1 Å². The van der Waals surface area contributed by atoms with Crippen LogP contribution in [0.1, 0.15) is 12.8 Å². The Bertz CT molecular complexity index is 636. The third-order valence-electron chi connectivity index (χ3n) is 4.40. The Labute approximate surface area is 137 Å². The fourth-order valence-electron chi connectivity index (χ4n) is 3.22. The number of rotatable bonds is 2. The van der Waals surface area contributed by atoms with Crippen LogP contribution in [0.5, 0.6) is 0 Å². The van der Waals surface area contributed by atoms with Gasteiger partial charge in [0.05, 0.1) is 0 Å². The van der Waals surface area contributed by atoms with Crippen LogP contribution in [0.15, 0.2) is 24.3 Å². The maximum atomic E-state index is 4.47. The number of anilines is 1. The molecule has 3 fully saturated rings. The van der Waals surface area contributed by atoms with Crippen LogP contribution in [0.2, 0.25) is 0 Å². The zero-order chi connectivity index (χ0) is 14.2. The topological polar surface area (TPSA) is 32.3 Å². The van der Waals surface area contributed by atoms with Crippen LogP contribution in [0.3, 0.4) is 0 Å². The van der Waals surface area contributed by atoms with E-state index in [4.69, 9.17) is 0 Å². The predicted octanol–water partition coefficient (Wildman–Crippen LogP) is 1.28. The Morgan fingerprint density at radius 1 is 1.10 bits per heavy atom. The molecule has 3 saturated heterocycles. The number of aromatic nitrogens is 2. The van der Waals surface area contributed by atoms with E-state index in [0.29, 0.717) is 6.04 Å². The molecule has 0 aliphatic carbocycles. The van der Waals surface area contributed by atoms with Gasteiger partial charge < -0.3 is 0 Å². The Hall–Kier alpha value is -0.941. The molecule has 1 aromatic heterocycles. The van der Waals surface area contributed by atoms with E-state index in [2.05, 4.69) is 60.3 Å². The number of hydrogen-bond donors (Lipinski definition) is 0. The molecule has 0 saturated carbocycles. The van der Waals surface area contributed by atoms with Crippen molar-refractivity contribution >= 4 is 36.9 Å². The van der Waals surface area contributed by atoms with Crippen LogP contribution in [-0.2, 0) is 0 Å². The summed E-state index contributed by atoms with van der Waals surface area (Å²) in [5.41, 5.74) is 1.15. The Morgan fingerprint density at radius 3 is 2.76 bits per heavy atom. The molecule has 1 radical (unpaired) electrons. The van der Waals surface area contributed by atoms with E-state index in [9.17, 15) is 0 Å². The Balaban J connectivity index is 1.62. The molecule has 3 aliphatic heterocycles. The number of piperidine rings is 1. The third-order valence-corrected chi connectivity index (χ3v) is 5.94. The monoisotopic (exact) mass is 365 g/mol. The summed E-state index contributed by atoms with van der Waals surface area (Å²) in [6.45, 7) is 4.72. The average molecular weight is 364 g/mol. The molecule has 3 aliphatic rings. The SMILES string of the molecule is [Se]c1cccc(-c2nnc(N3CCN4CCC3CC4)s2)c1. The van der Waals surface area contributed by atoms with Crippen molar-refractivity contribution in [2.24, 2.45) is 0 Å². The summed E-state index contributed by atoms with van der Waals surface area (Å²) >= 11 is 4.77. The van der Waals surface area contributed by atoms with Crippen LogP contribution in [-0.4, -0.2) is 63.3 Å². The van der Waals surface area contributed by atoms with Crippen molar-refractivity contribution in [2.45, 2.75) is 18.9 Å². The van der Waals surface area contributed by atoms with Crippen molar-refractivity contribution < 1.29 is 0 Å². The van der Waals surface area contributed by atoms with E-state index in [1.165, 1.54) is 25.9 Å². The standard InChI is InChI=1S/C15H17N4SSe/c21-13-3-1-2-11(10-13)14-16-17-15(20-14)19-9-8-18-6-4-12(19)5-7-18/h1-3,10,12H,4-9H2. The van der Waals surface area contributed by atoms with Gasteiger partial charge in [-0.25, -0.2) is 0 Å². The molecule has 21 heavy (non-hydrogen) atoms. The second-order valence-corrected chi connectivity index (χ2v) is 7.63. The summed E-state index contributed by atoms with van der Waals surface area (Å²) in [4.78, 5) is 5.05. The normalized spacial score (nSPS) is 25.0. The second-order valence-electron chi connectivity index (χ2n) is 5.68. The quantitative estimate of drug-likeness (QED) is 0.752. The average Bonchev–Trinajstić information content (AvgIpc) is 2.80. The molecule has 5 rings (SSSR count). The fraction of sp³-hybridized carbons (Fsp3) is 0.467. The van der Waals surface area contributed by atoms with Gasteiger partial charge in [-0.3, -0.25) is 0 Å². The van der Waals surface area contributed by atoms with Crippen molar-refractivity contribution in [3.8, 4) is 10.6 Å². The fourth-order valence-corrected chi connectivity index (χ4v) is 4.59. The molecular weight excluding hydrogens is 347 g/mol. The van der Waals surface area contributed by atoms with Crippen molar-refractivity contribution in [2.75, 3.05) is 31.1 Å². The van der Waals surface area contributed by atoms with E-state index in [-0.39, 0.29) is 0 Å². The molecule has 0 unspecified atom stereocenters. The molecule has 0 amide bonds. The van der Waals surface area contributed by atoms with Crippen LogP contribution in [0.25, 0.3) is 10.6 Å². The summed E-state index contributed by atoms with van der Waals surface area (Å²) < 4.78 is 1.14. The molecule has 4 heterocycles. The van der Waals surface area contributed by atoms with Crippen molar-refractivity contribution in [1.29, 1.82) is 0 Å². The van der Waals surface area contributed by atoms with Gasteiger partial charge in [0.2, 0.25) is 0 Å². The van der Waals surface area contributed by atoms with Crippen LogP contribution in [0.4, 0.5) is 5.13 Å². The van der Waals surface area contributed by atoms with Gasteiger partial charge in [-0.2, -0.15) is 0 Å². The minimum atomic E-state index is 0.649. The first-order valence-corrected chi connectivity index (χ1v) is 9.07. The zero-order valence-corrected chi connectivity index (χ0v) is 14.3. The van der Waals surface area contributed by atoms with Gasteiger partial charge in [0.25, 0.3) is 0 Å². The van der Waals surface area contributed by atoms with E-state index >= 15 is 0 Å². The second kappa shape index (κ2) is 5.69. The number of hydrogen-bond acceptors (Lipinski definition) is 5. The van der Waals surface area contributed by atoms with Crippen LogP contribution >= 0.6 is 11.3 Å². The Morgan fingerprint density at radius 2 is 1.95 bits per heavy atom. The summed E-state index contributed by atoms with van der Waals surface area (Å²) in [7, 11) is 0. The molecule has 4 nitrogen and oxygen atoms in total. The molecule has 2 bridgehead atoms. The van der Waals surface area contributed by atoms with E-state index in [1.54, 1.807) is 11.3 Å². The van der Waals surface area contributed by atoms with Gasteiger partial charge in [-0.05, 0) is 0 Å². The van der Waals surface area contributed by atoms with Crippen molar-refractivity contribution in [3.63, 3.8) is 0 Å². The summed E-state index contributed by atoms with van der Waals surface area (Å²) in [6.07, 6.45) is 2.52. The van der Waals surface area contributed by atoms with E-state index in [1.807, 2.05) is 0 Å². The molecular formula is C15H17N4SSe. The van der Waals surface area contributed by atoms with Gasteiger partial charge in [0.15, 0.2) is 0 Å². The predicted molar refractivity (Wildman–Crippen MR) is 87.5 cm³/mol. The van der Waals surface area contributed by atoms with E-state index in [0.717, 1.165) is 33.3 Å². The molecule has 0 spiro atoms. The van der Waals surface area contributed by atoms with Gasteiger partial charge in [-0.1, -0.05) is 0 Å². The van der Waals surface area contributed by atoms with Gasteiger partial charge >= 0.3 is 137 Å².